The van der Waals surface area contributed by atoms with Crippen molar-refractivity contribution < 1.29 is 14.3 Å². The molecule has 3 atom stereocenters. The maximum Gasteiger partial charge on any atom is 0.252 e. The van der Waals surface area contributed by atoms with Crippen LogP contribution in [0.1, 0.15) is 34.5 Å². The highest BCUT2D eigenvalue weighted by molar-refractivity contribution is 5.96. The molecule has 2 fully saturated rings. The number of ether oxygens (including phenoxy) is 2. The number of methoxy groups -OCH3 is 2. The highest BCUT2D eigenvalue weighted by Gasteiger charge is 2.38. The number of aryl methyl sites for hydroxylation is 1. The Labute approximate surface area is 185 Å². The smallest absolute Gasteiger partial charge is 0.252 e. The molecule has 0 bridgehead atoms. The molecule has 1 amide bonds. The summed E-state index contributed by atoms with van der Waals surface area (Å²) in [5.74, 6) is 2.74. The van der Waals surface area contributed by atoms with E-state index in [0.29, 0.717) is 11.5 Å². The molecule has 4 rings (SSSR count). The van der Waals surface area contributed by atoms with Crippen LogP contribution in [-0.2, 0) is 0 Å². The van der Waals surface area contributed by atoms with Crippen molar-refractivity contribution in [2.24, 2.45) is 11.8 Å². The van der Waals surface area contributed by atoms with Crippen molar-refractivity contribution in [3.63, 3.8) is 0 Å². The zero-order valence-electron chi connectivity index (χ0n) is 19.1. The Bertz CT molecular complexity index is 947. The molecule has 0 aromatic heterocycles. The normalized spacial score (nSPS) is 21.6. The number of likely N-dealkylation sites (tertiary alicyclic amines) is 1. The summed E-state index contributed by atoms with van der Waals surface area (Å²) in [4.78, 5) is 18.0. The first-order valence-electron chi connectivity index (χ1n) is 11.0. The lowest BCUT2D eigenvalue weighted by atomic mass is 10.0. The number of hydrogen-bond donors (Lipinski definition) is 1. The lowest BCUT2D eigenvalue weighted by Crippen LogP contribution is -2.29. The molecule has 2 aliphatic heterocycles. The number of benzene rings is 2. The van der Waals surface area contributed by atoms with Crippen molar-refractivity contribution >= 4 is 11.6 Å². The van der Waals surface area contributed by atoms with Crippen LogP contribution in [0.5, 0.6) is 11.5 Å². The minimum atomic E-state index is -0.156. The molecule has 0 saturated carbocycles. The number of fused-ring (bicyclic) bond motifs is 1. The lowest BCUT2D eigenvalue weighted by molar-refractivity contribution is 0.0939. The van der Waals surface area contributed by atoms with Crippen LogP contribution >= 0.6 is 0 Å². The third kappa shape index (κ3) is 4.35. The Balaban J connectivity index is 1.48. The summed E-state index contributed by atoms with van der Waals surface area (Å²) in [5.41, 5.74) is 3.83. The van der Waals surface area contributed by atoms with Crippen molar-refractivity contribution in [3.05, 3.63) is 53.1 Å². The van der Waals surface area contributed by atoms with Crippen LogP contribution in [-0.4, -0.2) is 58.3 Å². The molecule has 2 aromatic rings. The molecule has 2 unspecified atom stereocenters. The topological polar surface area (TPSA) is 54.0 Å². The molecule has 2 aliphatic rings. The Morgan fingerprint density at radius 2 is 1.68 bits per heavy atom. The quantitative estimate of drug-likeness (QED) is 0.771. The van der Waals surface area contributed by atoms with Gasteiger partial charge < -0.3 is 24.6 Å². The van der Waals surface area contributed by atoms with E-state index in [1.54, 1.807) is 14.2 Å². The standard InChI is InChI=1S/C25H33N3O3/c1-16-6-8-21(28-14-19-12-27(3)13-20(19)15-28)11-22(16)25(29)26-17(2)18-7-9-23(30-4)24(10-18)31-5/h6-11,17,19-20H,12-15H2,1-5H3,(H,26,29)/t17-,19?,20?/m1/s1. The summed E-state index contributed by atoms with van der Waals surface area (Å²) in [5, 5.41) is 3.15. The van der Waals surface area contributed by atoms with Gasteiger partial charge in [-0.3, -0.25) is 4.79 Å². The van der Waals surface area contributed by atoms with Crippen molar-refractivity contribution in [1.82, 2.24) is 10.2 Å². The van der Waals surface area contributed by atoms with Gasteiger partial charge in [0.25, 0.3) is 5.91 Å². The van der Waals surface area contributed by atoms with E-state index in [1.807, 2.05) is 32.0 Å². The van der Waals surface area contributed by atoms with Crippen LogP contribution in [0.4, 0.5) is 5.69 Å². The summed E-state index contributed by atoms with van der Waals surface area (Å²) in [6.45, 7) is 8.46. The largest absolute Gasteiger partial charge is 0.493 e. The molecule has 31 heavy (non-hydrogen) atoms. The number of nitrogens with zero attached hydrogens (tertiary/aromatic N) is 2. The van der Waals surface area contributed by atoms with Crippen LogP contribution in [0.3, 0.4) is 0 Å². The number of hydrogen-bond acceptors (Lipinski definition) is 5. The van der Waals surface area contributed by atoms with Crippen molar-refractivity contribution in [1.29, 1.82) is 0 Å². The molecular weight excluding hydrogens is 390 g/mol. The van der Waals surface area contributed by atoms with Gasteiger partial charge in [0.15, 0.2) is 11.5 Å². The fraction of sp³-hybridized carbons (Fsp3) is 0.480. The number of carbonyl (C=O) groups excluding carboxylic acids is 1. The van der Waals surface area contributed by atoms with Gasteiger partial charge in [-0.1, -0.05) is 12.1 Å². The molecule has 166 valence electrons. The maximum atomic E-state index is 13.1. The van der Waals surface area contributed by atoms with E-state index < -0.39 is 0 Å². The Hall–Kier alpha value is -2.73. The summed E-state index contributed by atoms with van der Waals surface area (Å²) in [7, 11) is 5.44. The van der Waals surface area contributed by atoms with Gasteiger partial charge in [-0.05, 0) is 68.1 Å². The maximum absolute atomic E-state index is 13.1. The second-order valence-corrected chi connectivity index (χ2v) is 8.96. The van der Waals surface area contributed by atoms with Crippen LogP contribution in [0.15, 0.2) is 36.4 Å². The van der Waals surface area contributed by atoms with E-state index in [1.165, 1.54) is 13.1 Å². The van der Waals surface area contributed by atoms with Crippen molar-refractivity contribution in [2.75, 3.05) is 52.3 Å². The van der Waals surface area contributed by atoms with E-state index in [9.17, 15) is 4.79 Å². The minimum Gasteiger partial charge on any atom is -0.493 e. The summed E-state index contributed by atoms with van der Waals surface area (Å²) in [6.07, 6.45) is 0. The van der Waals surface area contributed by atoms with Crippen molar-refractivity contribution in [3.8, 4) is 11.5 Å². The molecule has 1 N–H and O–H groups in total. The van der Waals surface area contributed by atoms with Crippen LogP contribution < -0.4 is 19.7 Å². The second kappa shape index (κ2) is 8.79. The first-order valence-corrected chi connectivity index (χ1v) is 11.0. The van der Waals surface area contributed by atoms with Gasteiger partial charge in [-0.2, -0.15) is 0 Å². The zero-order valence-corrected chi connectivity index (χ0v) is 19.1. The van der Waals surface area contributed by atoms with Gasteiger partial charge in [0.1, 0.15) is 0 Å². The second-order valence-electron chi connectivity index (χ2n) is 8.96. The highest BCUT2D eigenvalue weighted by atomic mass is 16.5. The number of carbonyl (C=O) groups is 1. The molecule has 2 heterocycles. The van der Waals surface area contributed by atoms with Crippen LogP contribution in [0, 0.1) is 18.8 Å². The van der Waals surface area contributed by atoms with Gasteiger partial charge in [0.2, 0.25) is 0 Å². The third-order valence-corrected chi connectivity index (χ3v) is 6.75. The molecule has 0 aliphatic carbocycles. The first kappa shape index (κ1) is 21.5. The molecule has 0 radical (unpaired) electrons. The van der Waals surface area contributed by atoms with E-state index in [-0.39, 0.29) is 11.9 Å². The first-order chi connectivity index (χ1) is 14.9. The van der Waals surface area contributed by atoms with Gasteiger partial charge in [-0.15, -0.1) is 0 Å². The van der Waals surface area contributed by atoms with E-state index in [4.69, 9.17) is 9.47 Å². The number of rotatable bonds is 6. The number of anilines is 1. The predicted molar refractivity (Wildman–Crippen MR) is 123 cm³/mol. The summed E-state index contributed by atoms with van der Waals surface area (Å²) < 4.78 is 10.7. The van der Waals surface area contributed by atoms with Crippen LogP contribution in [0.25, 0.3) is 0 Å². The van der Waals surface area contributed by atoms with E-state index >= 15 is 0 Å². The molecule has 2 aromatic carbocycles. The highest BCUT2D eigenvalue weighted by Crippen LogP contribution is 2.34. The summed E-state index contributed by atoms with van der Waals surface area (Å²) in [6, 6.07) is 11.8. The molecule has 6 heteroatoms. The van der Waals surface area contributed by atoms with Crippen LogP contribution in [0.2, 0.25) is 0 Å². The zero-order chi connectivity index (χ0) is 22.1. The number of nitrogens with one attached hydrogen (secondary N) is 1. The number of amides is 1. The Morgan fingerprint density at radius 3 is 2.32 bits per heavy atom. The fourth-order valence-corrected chi connectivity index (χ4v) is 4.97. The molecule has 0 spiro atoms. The summed E-state index contributed by atoms with van der Waals surface area (Å²) >= 11 is 0. The minimum absolute atomic E-state index is 0.0549. The average molecular weight is 424 g/mol. The van der Waals surface area contributed by atoms with Gasteiger partial charge in [0, 0.05) is 37.4 Å². The van der Waals surface area contributed by atoms with Gasteiger partial charge in [-0.25, -0.2) is 0 Å². The SMILES string of the molecule is COc1ccc([C@@H](C)NC(=O)c2cc(N3CC4CN(C)CC4C3)ccc2C)cc1OC. The average Bonchev–Trinajstić information content (AvgIpc) is 3.30. The molecule has 6 nitrogen and oxygen atoms in total. The fourth-order valence-electron chi connectivity index (χ4n) is 4.97. The molecular formula is C25H33N3O3. The predicted octanol–water partition coefficient (Wildman–Crippen LogP) is 3.50. The van der Waals surface area contributed by atoms with E-state index in [0.717, 1.165) is 47.3 Å². The van der Waals surface area contributed by atoms with Crippen molar-refractivity contribution in [2.45, 2.75) is 19.9 Å². The van der Waals surface area contributed by atoms with Gasteiger partial charge >= 0.3 is 0 Å². The monoisotopic (exact) mass is 423 g/mol. The Kier molecular flexibility index (Phi) is 6.10. The van der Waals surface area contributed by atoms with E-state index in [2.05, 4.69) is 40.4 Å². The molecule has 2 saturated heterocycles. The van der Waals surface area contributed by atoms with Gasteiger partial charge in [0.05, 0.1) is 20.3 Å². The lowest BCUT2D eigenvalue weighted by Gasteiger charge is -2.23. The third-order valence-electron chi connectivity index (χ3n) is 6.75. The Morgan fingerprint density at radius 1 is 1.00 bits per heavy atom.